The van der Waals surface area contributed by atoms with Gasteiger partial charge in [-0.15, -0.1) is 0 Å². The monoisotopic (exact) mass is 617 g/mol. The first-order valence-corrected chi connectivity index (χ1v) is 15.1. The van der Waals surface area contributed by atoms with Crippen molar-refractivity contribution in [1.29, 1.82) is 0 Å². The third-order valence-electron chi connectivity index (χ3n) is 8.16. The normalized spacial score (nSPS) is 18.8. The van der Waals surface area contributed by atoms with Crippen LogP contribution in [0.3, 0.4) is 0 Å². The van der Waals surface area contributed by atoms with E-state index in [0.29, 0.717) is 61.1 Å². The minimum atomic E-state index is -0.468. The molecule has 2 aromatic carbocycles. The number of nitrogens with zero attached hydrogens (tertiary/aromatic N) is 3. The molecule has 2 atom stereocenters. The molecule has 0 unspecified atom stereocenters. The highest BCUT2D eigenvalue weighted by atomic mass is 16.5. The second-order valence-corrected chi connectivity index (χ2v) is 11.4. The van der Waals surface area contributed by atoms with Gasteiger partial charge < -0.3 is 29.7 Å². The van der Waals surface area contributed by atoms with E-state index in [4.69, 9.17) is 14.2 Å². The second-order valence-electron chi connectivity index (χ2n) is 11.4. The number of ketones is 1. The number of aryl methyl sites for hydroxylation is 3. The van der Waals surface area contributed by atoms with E-state index in [9.17, 15) is 19.2 Å². The van der Waals surface area contributed by atoms with Gasteiger partial charge in [-0.05, 0) is 62.6 Å². The Kier molecular flexibility index (Phi) is 9.70. The molecule has 3 amide bonds. The number of hydrogen-bond donors (Lipinski definition) is 2. The van der Waals surface area contributed by atoms with Crippen molar-refractivity contribution in [2.75, 3.05) is 26.8 Å². The second kappa shape index (κ2) is 13.8. The van der Waals surface area contributed by atoms with Crippen molar-refractivity contribution in [2.45, 2.75) is 65.3 Å². The van der Waals surface area contributed by atoms with Crippen LogP contribution in [0.25, 0.3) is 0 Å². The van der Waals surface area contributed by atoms with Crippen LogP contribution < -0.4 is 24.8 Å². The summed E-state index contributed by atoms with van der Waals surface area (Å²) >= 11 is 0. The Labute approximate surface area is 262 Å². The Balaban J connectivity index is 1.31. The minimum Gasteiger partial charge on any atom is -0.493 e. The van der Waals surface area contributed by atoms with Crippen LogP contribution in [-0.2, 0) is 33.9 Å². The summed E-state index contributed by atoms with van der Waals surface area (Å²) in [5.74, 6) is 0.900. The summed E-state index contributed by atoms with van der Waals surface area (Å²) in [4.78, 5) is 52.7. The number of benzene rings is 2. The van der Waals surface area contributed by atoms with Crippen LogP contribution in [0.1, 0.15) is 52.6 Å². The Morgan fingerprint density at radius 1 is 1.02 bits per heavy atom. The minimum absolute atomic E-state index is 0.0533. The molecule has 3 aromatic rings. The van der Waals surface area contributed by atoms with E-state index in [-0.39, 0.29) is 43.0 Å². The van der Waals surface area contributed by atoms with Gasteiger partial charge in [-0.25, -0.2) is 0 Å². The number of Topliss-reactive ketones (excluding diaryl/α,β-unsaturated/α-hetero) is 1. The van der Waals surface area contributed by atoms with Crippen molar-refractivity contribution < 1.29 is 33.4 Å². The molecule has 0 radical (unpaired) electrons. The zero-order chi connectivity index (χ0) is 32.1. The number of ether oxygens (including phenoxy) is 3. The molecule has 6 rings (SSSR count). The molecule has 0 aliphatic carbocycles. The van der Waals surface area contributed by atoms with Crippen molar-refractivity contribution in [1.82, 2.24) is 25.3 Å². The third-order valence-corrected chi connectivity index (χ3v) is 8.16. The highest BCUT2D eigenvalue weighted by Crippen LogP contribution is 2.29. The summed E-state index contributed by atoms with van der Waals surface area (Å²) in [6, 6.07) is 12.3. The number of rotatable bonds is 5. The van der Waals surface area contributed by atoms with E-state index in [1.165, 1.54) is 14.0 Å². The van der Waals surface area contributed by atoms with E-state index in [0.717, 1.165) is 16.8 Å². The van der Waals surface area contributed by atoms with Gasteiger partial charge in [0.1, 0.15) is 11.9 Å². The molecule has 1 saturated heterocycles. The van der Waals surface area contributed by atoms with Crippen molar-refractivity contribution in [3.8, 4) is 17.2 Å². The first kappa shape index (κ1) is 31.6. The zero-order valence-corrected chi connectivity index (χ0v) is 26.1. The lowest BCUT2D eigenvalue weighted by atomic mass is 10.1. The topological polar surface area (TPSA) is 141 Å². The maximum Gasteiger partial charge on any atom is 0.258 e. The van der Waals surface area contributed by atoms with E-state index in [1.54, 1.807) is 40.8 Å². The lowest BCUT2D eigenvalue weighted by Gasteiger charge is -2.21. The number of nitrogens with one attached hydrogen (secondary N) is 2. The summed E-state index contributed by atoms with van der Waals surface area (Å²) < 4.78 is 19.1. The first-order chi connectivity index (χ1) is 21.6. The van der Waals surface area contributed by atoms with Gasteiger partial charge in [0, 0.05) is 38.2 Å². The summed E-state index contributed by atoms with van der Waals surface area (Å²) in [6.45, 7) is 6.20. The van der Waals surface area contributed by atoms with Crippen LogP contribution in [0.4, 0.5) is 0 Å². The number of fused-ring (bicyclic) bond motifs is 9. The summed E-state index contributed by atoms with van der Waals surface area (Å²) in [6.07, 6.45) is 0.360. The number of carbonyl (C=O) groups is 4. The molecular weight excluding hydrogens is 578 g/mol. The first-order valence-electron chi connectivity index (χ1n) is 15.1. The fourth-order valence-electron chi connectivity index (χ4n) is 5.80. The van der Waals surface area contributed by atoms with Gasteiger partial charge in [0.05, 0.1) is 31.0 Å². The molecule has 1 fully saturated rings. The number of methoxy groups -OCH3 is 1. The van der Waals surface area contributed by atoms with E-state index in [2.05, 4.69) is 15.7 Å². The number of likely N-dealkylation sites (tertiary alicyclic amines) is 1. The molecule has 3 aliphatic rings. The van der Waals surface area contributed by atoms with Gasteiger partial charge in [-0.3, -0.25) is 23.9 Å². The van der Waals surface area contributed by atoms with Crippen molar-refractivity contribution in [2.24, 2.45) is 0 Å². The number of carbonyl (C=O) groups excluding carboxylic acids is 4. The van der Waals surface area contributed by atoms with Crippen LogP contribution in [0.2, 0.25) is 0 Å². The zero-order valence-electron chi connectivity index (χ0n) is 26.1. The highest BCUT2D eigenvalue weighted by Gasteiger charge is 2.37. The molecular formula is C33H39N5O7. The summed E-state index contributed by atoms with van der Waals surface area (Å²) in [7, 11) is 1.53. The Morgan fingerprint density at radius 3 is 2.49 bits per heavy atom. The van der Waals surface area contributed by atoms with E-state index in [1.807, 2.05) is 25.1 Å². The van der Waals surface area contributed by atoms with Crippen molar-refractivity contribution in [3.63, 3.8) is 0 Å². The van der Waals surface area contributed by atoms with E-state index < -0.39 is 12.1 Å². The van der Waals surface area contributed by atoms with Gasteiger partial charge in [-0.1, -0.05) is 18.2 Å². The largest absolute Gasteiger partial charge is 0.493 e. The fourth-order valence-corrected chi connectivity index (χ4v) is 5.80. The van der Waals surface area contributed by atoms with Gasteiger partial charge in [-0.2, -0.15) is 5.10 Å². The lowest BCUT2D eigenvalue weighted by molar-refractivity contribution is -0.131. The van der Waals surface area contributed by atoms with Gasteiger partial charge >= 0.3 is 0 Å². The average Bonchev–Trinajstić information content (AvgIpc) is 3.55. The number of amides is 3. The Hall–Kier alpha value is -4.87. The molecule has 2 N–H and O–H groups in total. The standard InChI is InChI=1S/C33H39N5O7/c1-20-33(22(3)39)21(2)38(36-20)14-13-32(42)37-17-26-29(18-37)45-25-9-5-24(6-10-25)16-34-31(41)19-44-28-15-23(7-11-27(28)43-4)8-12-30(40)35-26/h5-7,9-11,15,26,29H,8,12-14,16-19H2,1-4H3,(H,34,41)(H,35,40)/t26-,29-/m0/s1. The lowest BCUT2D eigenvalue weighted by Crippen LogP contribution is -2.45. The molecule has 12 nitrogen and oxygen atoms in total. The average molecular weight is 618 g/mol. The van der Waals surface area contributed by atoms with Crippen LogP contribution in [0.5, 0.6) is 17.2 Å². The molecule has 0 saturated carbocycles. The Bertz CT molecular complexity index is 1580. The van der Waals surface area contributed by atoms with Crippen LogP contribution in [0.15, 0.2) is 42.5 Å². The molecule has 4 bridgehead atoms. The SMILES string of the molecule is COc1ccc2cc1OCC(=O)NCc1ccc(cc1)O[C@H]1CN(C(=O)CCn3nc(C)c(C(C)=O)c3C)C[C@@H]1NC(=O)CC2. The van der Waals surface area contributed by atoms with Crippen LogP contribution >= 0.6 is 0 Å². The molecule has 1 aromatic heterocycles. The van der Waals surface area contributed by atoms with E-state index >= 15 is 0 Å². The predicted molar refractivity (Wildman–Crippen MR) is 164 cm³/mol. The summed E-state index contributed by atoms with van der Waals surface area (Å²) in [5, 5.41) is 10.4. The number of hydrogen-bond acceptors (Lipinski definition) is 8. The summed E-state index contributed by atoms with van der Waals surface area (Å²) in [5.41, 5.74) is 3.70. The fraction of sp³-hybridized carbons (Fsp3) is 0.424. The number of aromatic nitrogens is 2. The predicted octanol–water partition coefficient (Wildman–Crippen LogP) is 2.52. The molecule has 45 heavy (non-hydrogen) atoms. The Morgan fingerprint density at radius 2 is 1.78 bits per heavy atom. The smallest absolute Gasteiger partial charge is 0.258 e. The molecule has 12 heteroatoms. The molecule has 3 aliphatic heterocycles. The molecule has 238 valence electrons. The van der Waals surface area contributed by atoms with Crippen LogP contribution in [-0.4, -0.2) is 77.1 Å². The van der Waals surface area contributed by atoms with Gasteiger partial charge in [0.15, 0.2) is 23.9 Å². The van der Waals surface area contributed by atoms with Gasteiger partial charge in [0.2, 0.25) is 11.8 Å². The molecule has 0 spiro atoms. The third kappa shape index (κ3) is 7.62. The van der Waals surface area contributed by atoms with Crippen molar-refractivity contribution >= 4 is 23.5 Å². The maximum absolute atomic E-state index is 13.3. The maximum atomic E-state index is 13.3. The highest BCUT2D eigenvalue weighted by molar-refractivity contribution is 5.96. The quantitative estimate of drug-likeness (QED) is 0.416. The van der Waals surface area contributed by atoms with Gasteiger partial charge in [0.25, 0.3) is 5.91 Å². The molecule has 4 heterocycles. The van der Waals surface area contributed by atoms with Crippen LogP contribution in [0, 0.1) is 13.8 Å². The van der Waals surface area contributed by atoms with Crippen molar-refractivity contribution in [3.05, 3.63) is 70.5 Å².